The first kappa shape index (κ1) is 26.1. The van der Waals surface area contributed by atoms with Crippen molar-refractivity contribution < 1.29 is 22.3 Å². The highest BCUT2D eigenvalue weighted by molar-refractivity contribution is 7.89. The Balaban J connectivity index is 1.43. The fraction of sp³-hybridized carbons (Fsp3) is 0.259. The lowest BCUT2D eigenvalue weighted by Crippen LogP contribution is -2.49. The highest BCUT2D eigenvalue weighted by atomic mass is 32.2. The van der Waals surface area contributed by atoms with E-state index >= 15 is 0 Å². The van der Waals surface area contributed by atoms with E-state index in [1.165, 1.54) is 25.3 Å². The second-order valence-corrected chi connectivity index (χ2v) is 10.3. The topological polar surface area (TPSA) is 103 Å². The standard InChI is InChI=1S/C27H27FN4O4S/c1-36-26-10-9-24(37(34,35)30-12-11-20-5-7-23(28)8-6-20)18-25(26)31-13-15-32(16-14-31)27(33)22-4-2-3-21(17-22)19-29/h2-10,17-18,30H,11-16H2,1H3. The summed E-state index contributed by atoms with van der Waals surface area (Å²) in [5.41, 5.74) is 2.34. The Morgan fingerprint density at radius 1 is 1.05 bits per heavy atom. The van der Waals surface area contributed by atoms with Crippen LogP contribution in [-0.4, -0.2) is 59.1 Å². The molecule has 1 aliphatic rings. The van der Waals surface area contributed by atoms with E-state index < -0.39 is 10.0 Å². The van der Waals surface area contributed by atoms with Gasteiger partial charge in [0, 0.05) is 38.3 Å². The van der Waals surface area contributed by atoms with Crippen LogP contribution in [-0.2, 0) is 16.4 Å². The minimum absolute atomic E-state index is 0.106. The molecule has 192 valence electrons. The van der Waals surface area contributed by atoms with Gasteiger partial charge in [0.1, 0.15) is 11.6 Å². The van der Waals surface area contributed by atoms with Gasteiger partial charge in [0.15, 0.2) is 0 Å². The van der Waals surface area contributed by atoms with E-state index in [0.29, 0.717) is 55.2 Å². The van der Waals surface area contributed by atoms with Gasteiger partial charge in [-0.15, -0.1) is 0 Å². The number of hydrogen-bond acceptors (Lipinski definition) is 6. The number of carbonyl (C=O) groups is 1. The molecule has 1 heterocycles. The lowest BCUT2D eigenvalue weighted by Gasteiger charge is -2.36. The molecule has 1 amide bonds. The van der Waals surface area contributed by atoms with Crippen LogP contribution in [0.1, 0.15) is 21.5 Å². The average Bonchev–Trinajstić information content (AvgIpc) is 2.93. The van der Waals surface area contributed by atoms with Crippen LogP contribution in [0, 0.1) is 17.1 Å². The third-order valence-electron chi connectivity index (χ3n) is 6.23. The molecule has 0 aliphatic carbocycles. The molecule has 0 spiro atoms. The molecule has 1 N–H and O–H groups in total. The molecule has 1 aliphatic heterocycles. The van der Waals surface area contributed by atoms with Crippen LogP contribution in [0.3, 0.4) is 0 Å². The molecule has 0 bridgehead atoms. The van der Waals surface area contributed by atoms with Crippen LogP contribution in [0.25, 0.3) is 0 Å². The second-order valence-electron chi connectivity index (χ2n) is 8.58. The van der Waals surface area contributed by atoms with Crippen molar-refractivity contribution >= 4 is 21.6 Å². The monoisotopic (exact) mass is 522 g/mol. The van der Waals surface area contributed by atoms with Gasteiger partial charge in [0.2, 0.25) is 10.0 Å². The summed E-state index contributed by atoms with van der Waals surface area (Å²) < 4.78 is 47.1. The number of anilines is 1. The third kappa shape index (κ3) is 6.25. The fourth-order valence-electron chi connectivity index (χ4n) is 4.20. The van der Waals surface area contributed by atoms with Gasteiger partial charge in [-0.25, -0.2) is 17.5 Å². The van der Waals surface area contributed by atoms with Crippen molar-refractivity contribution in [1.82, 2.24) is 9.62 Å². The Kier molecular flexibility index (Phi) is 8.06. The maximum atomic E-state index is 13.1. The van der Waals surface area contributed by atoms with Gasteiger partial charge < -0.3 is 14.5 Å². The van der Waals surface area contributed by atoms with Crippen LogP contribution in [0.4, 0.5) is 10.1 Å². The fourth-order valence-corrected chi connectivity index (χ4v) is 5.25. The van der Waals surface area contributed by atoms with Gasteiger partial charge in [0.25, 0.3) is 5.91 Å². The number of nitriles is 1. The van der Waals surface area contributed by atoms with Gasteiger partial charge in [-0.2, -0.15) is 5.26 Å². The summed E-state index contributed by atoms with van der Waals surface area (Å²) in [6.07, 6.45) is 0.426. The number of sulfonamides is 1. The summed E-state index contributed by atoms with van der Waals surface area (Å²) in [5.74, 6) is 0.0469. The molecule has 0 unspecified atom stereocenters. The van der Waals surface area contributed by atoms with E-state index in [2.05, 4.69) is 4.72 Å². The van der Waals surface area contributed by atoms with Crippen molar-refractivity contribution in [2.24, 2.45) is 0 Å². The molecule has 1 saturated heterocycles. The quantitative estimate of drug-likeness (QED) is 0.488. The summed E-state index contributed by atoms with van der Waals surface area (Å²) in [7, 11) is -2.27. The number of benzene rings is 3. The van der Waals surface area contributed by atoms with E-state index in [9.17, 15) is 17.6 Å². The number of piperazine rings is 1. The maximum Gasteiger partial charge on any atom is 0.254 e. The van der Waals surface area contributed by atoms with E-state index in [4.69, 9.17) is 10.00 Å². The summed E-state index contributed by atoms with van der Waals surface area (Å²) >= 11 is 0. The minimum atomic E-state index is -3.79. The molecule has 10 heteroatoms. The van der Waals surface area contributed by atoms with Gasteiger partial charge in [-0.3, -0.25) is 4.79 Å². The Morgan fingerprint density at radius 3 is 2.46 bits per heavy atom. The molecule has 37 heavy (non-hydrogen) atoms. The number of amides is 1. The van der Waals surface area contributed by atoms with Gasteiger partial charge in [-0.05, 0) is 60.5 Å². The van der Waals surface area contributed by atoms with E-state index in [0.717, 1.165) is 5.56 Å². The summed E-state index contributed by atoms with van der Waals surface area (Å²) in [6.45, 7) is 2.02. The Hall–Kier alpha value is -3.94. The first-order valence-corrected chi connectivity index (χ1v) is 13.3. The number of nitrogens with zero attached hydrogens (tertiary/aromatic N) is 3. The number of hydrogen-bond donors (Lipinski definition) is 1. The third-order valence-corrected chi connectivity index (χ3v) is 7.68. The predicted molar refractivity (Wildman–Crippen MR) is 138 cm³/mol. The molecule has 4 rings (SSSR count). The van der Waals surface area contributed by atoms with Crippen LogP contribution in [0.2, 0.25) is 0 Å². The number of methoxy groups -OCH3 is 1. The second kappa shape index (κ2) is 11.4. The van der Waals surface area contributed by atoms with Gasteiger partial charge in [-0.1, -0.05) is 18.2 Å². The molecule has 3 aromatic carbocycles. The van der Waals surface area contributed by atoms with Crippen molar-refractivity contribution in [3.05, 3.63) is 89.2 Å². The minimum Gasteiger partial charge on any atom is -0.495 e. The lowest BCUT2D eigenvalue weighted by molar-refractivity contribution is 0.0746. The Labute approximate surface area is 215 Å². The molecular weight excluding hydrogens is 495 g/mol. The number of rotatable bonds is 8. The predicted octanol–water partition coefficient (Wildman–Crippen LogP) is 3.19. The lowest BCUT2D eigenvalue weighted by atomic mass is 10.1. The zero-order valence-electron chi connectivity index (χ0n) is 20.4. The molecule has 0 radical (unpaired) electrons. The smallest absolute Gasteiger partial charge is 0.254 e. The van der Waals surface area contributed by atoms with E-state index in [-0.39, 0.29) is 23.2 Å². The summed E-state index contributed by atoms with van der Waals surface area (Å²) in [5, 5.41) is 9.10. The Bertz CT molecular complexity index is 1410. The number of nitrogens with one attached hydrogen (secondary N) is 1. The van der Waals surface area contributed by atoms with Crippen molar-refractivity contribution in [1.29, 1.82) is 5.26 Å². The summed E-state index contributed by atoms with van der Waals surface area (Å²) in [4.78, 5) is 16.7. The maximum absolute atomic E-state index is 13.1. The zero-order valence-corrected chi connectivity index (χ0v) is 21.2. The Morgan fingerprint density at radius 2 is 1.78 bits per heavy atom. The van der Waals surface area contributed by atoms with Crippen LogP contribution < -0.4 is 14.4 Å². The number of ether oxygens (including phenoxy) is 1. The van der Waals surface area contributed by atoms with Crippen molar-refractivity contribution in [2.75, 3.05) is 44.7 Å². The van der Waals surface area contributed by atoms with Crippen molar-refractivity contribution in [2.45, 2.75) is 11.3 Å². The van der Waals surface area contributed by atoms with Crippen LogP contribution in [0.5, 0.6) is 5.75 Å². The van der Waals surface area contributed by atoms with Crippen molar-refractivity contribution in [3.8, 4) is 11.8 Å². The normalized spacial score (nSPS) is 13.8. The van der Waals surface area contributed by atoms with E-state index in [1.54, 1.807) is 53.4 Å². The number of halogens is 1. The first-order chi connectivity index (χ1) is 17.8. The first-order valence-electron chi connectivity index (χ1n) is 11.8. The van der Waals surface area contributed by atoms with Gasteiger partial charge in [0.05, 0.1) is 29.3 Å². The SMILES string of the molecule is COc1ccc(S(=O)(=O)NCCc2ccc(F)cc2)cc1N1CCN(C(=O)c2cccc(C#N)c2)CC1. The van der Waals surface area contributed by atoms with Crippen LogP contribution in [0.15, 0.2) is 71.6 Å². The molecule has 1 fully saturated rings. The molecule has 0 saturated carbocycles. The molecule has 8 nitrogen and oxygen atoms in total. The number of carbonyl (C=O) groups excluding carboxylic acids is 1. The highest BCUT2D eigenvalue weighted by Crippen LogP contribution is 2.32. The zero-order chi connectivity index (χ0) is 26.4. The molecule has 0 aromatic heterocycles. The molecule has 0 atom stereocenters. The molecule has 3 aromatic rings. The van der Waals surface area contributed by atoms with E-state index in [1.807, 2.05) is 11.0 Å². The van der Waals surface area contributed by atoms with Gasteiger partial charge >= 0.3 is 0 Å². The summed E-state index contributed by atoms with van der Waals surface area (Å²) in [6, 6.07) is 19.3. The largest absolute Gasteiger partial charge is 0.495 e. The highest BCUT2D eigenvalue weighted by Gasteiger charge is 2.25. The van der Waals surface area contributed by atoms with Crippen molar-refractivity contribution in [3.63, 3.8) is 0 Å². The average molecular weight is 523 g/mol. The molecular formula is C27H27FN4O4S. The van der Waals surface area contributed by atoms with Crippen LogP contribution >= 0.6 is 0 Å².